The van der Waals surface area contributed by atoms with Crippen LogP contribution >= 0.6 is 0 Å². The topological polar surface area (TPSA) is 83.6 Å². The van der Waals surface area contributed by atoms with Crippen molar-refractivity contribution in [3.8, 4) is 11.8 Å². The van der Waals surface area contributed by atoms with Crippen molar-refractivity contribution in [2.45, 2.75) is 0 Å². The molecule has 1 amide bonds. The molecule has 0 unspecified atom stereocenters. The zero-order chi connectivity index (χ0) is 12.1. The number of carbonyl (C=O) groups is 1. The number of hydrogen-bond acceptors (Lipinski definition) is 4. The van der Waals surface area contributed by atoms with Gasteiger partial charge in [0, 0.05) is 12.4 Å². The van der Waals surface area contributed by atoms with Gasteiger partial charge in [-0.1, -0.05) is 0 Å². The lowest BCUT2D eigenvalue weighted by Gasteiger charge is -1.98. The highest BCUT2D eigenvalue weighted by molar-refractivity contribution is 5.93. The molecule has 0 aromatic carbocycles. The SMILES string of the molecule is N#CCNC(=O)c1cnn(-c2cccnc2)c1. The van der Waals surface area contributed by atoms with Crippen LogP contribution in [0.15, 0.2) is 36.9 Å². The molecule has 17 heavy (non-hydrogen) atoms. The highest BCUT2D eigenvalue weighted by Gasteiger charge is 2.08. The first kappa shape index (κ1) is 10.8. The molecular formula is C11H9N5O. The van der Waals surface area contributed by atoms with E-state index in [4.69, 9.17) is 5.26 Å². The van der Waals surface area contributed by atoms with Crippen LogP contribution in [0.2, 0.25) is 0 Å². The van der Waals surface area contributed by atoms with Crippen LogP contribution < -0.4 is 5.32 Å². The maximum absolute atomic E-state index is 11.5. The molecule has 0 saturated heterocycles. The maximum atomic E-state index is 11.5. The molecule has 2 heterocycles. The van der Waals surface area contributed by atoms with Gasteiger partial charge < -0.3 is 5.32 Å². The van der Waals surface area contributed by atoms with Gasteiger partial charge in [0.2, 0.25) is 0 Å². The lowest BCUT2D eigenvalue weighted by molar-refractivity contribution is 0.0958. The summed E-state index contributed by atoms with van der Waals surface area (Å²) in [6.07, 6.45) is 6.33. The average Bonchev–Trinajstić information content (AvgIpc) is 2.86. The summed E-state index contributed by atoms with van der Waals surface area (Å²) in [6.45, 7) is -0.0170. The minimum absolute atomic E-state index is 0.0170. The van der Waals surface area contributed by atoms with Crippen molar-refractivity contribution in [2.75, 3.05) is 6.54 Å². The molecule has 0 saturated carbocycles. The van der Waals surface area contributed by atoms with E-state index in [-0.39, 0.29) is 12.5 Å². The molecule has 0 radical (unpaired) electrons. The third-order valence-corrected chi connectivity index (χ3v) is 2.08. The summed E-state index contributed by atoms with van der Waals surface area (Å²) in [4.78, 5) is 15.5. The van der Waals surface area contributed by atoms with Gasteiger partial charge in [0.15, 0.2) is 0 Å². The molecule has 2 aromatic heterocycles. The van der Waals surface area contributed by atoms with Crippen LogP contribution in [0.25, 0.3) is 5.69 Å². The van der Waals surface area contributed by atoms with E-state index in [9.17, 15) is 4.79 Å². The summed E-state index contributed by atoms with van der Waals surface area (Å²) in [5, 5.41) is 14.8. The van der Waals surface area contributed by atoms with E-state index >= 15 is 0 Å². The van der Waals surface area contributed by atoms with Crippen molar-refractivity contribution >= 4 is 5.91 Å². The second kappa shape index (κ2) is 4.90. The number of hydrogen-bond donors (Lipinski definition) is 1. The molecule has 84 valence electrons. The molecule has 0 fully saturated rings. The first-order valence-corrected chi connectivity index (χ1v) is 4.91. The summed E-state index contributed by atoms with van der Waals surface area (Å²) in [5.41, 5.74) is 1.18. The second-order valence-corrected chi connectivity index (χ2v) is 3.23. The fourth-order valence-electron chi connectivity index (χ4n) is 1.29. The van der Waals surface area contributed by atoms with E-state index in [1.54, 1.807) is 29.3 Å². The predicted molar refractivity (Wildman–Crippen MR) is 59.3 cm³/mol. The van der Waals surface area contributed by atoms with Crippen molar-refractivity contribution in [1.29, 1.82) is 5.26 Å². The Labute approximate surface area is 97.5 Å². The number of aromatic nitrogens is 3. The zero-order valence-corrected chi connectivity index (χ0v) is 8.87. The quantitative estimate of drug-likeness (QED) is 0.775. The molecule has 0 aliphatic heterocycles. The first-order chi connectivity index (χ1) is 8.31. The van der Waals surface area contributed by atoms with E-state index in [1.807, 2.05) is 12.1 Å². The van der Waals surface area contributed by atoms with Gasteiger partial charge in [-0.2, -0.15) is 10.4 Å². The van der Waals surface area contributed by atoms with E-state index < -0.39 is 0 Å². The Morgan fingerprint density at radius 1 is 1.53 bits per heavy atom. The van der Waals surface area contributed by atoms with Crippen LogP contribution in [0.3, 0.4) is 0 Å². The predicted octanol–water partition coefficient (Wildman–Crippen LogP) is 0.521. The van der Waals surface area contributed by atoms with Gasteiger partial charge in [-0.25, -0.2) is 4.68 Å². The maximum Gasteiger partial charge on any atom is 0.255 e. The van der Waals surface area contributed by atoms with Crippen molar-refractivity contribution in [3.05, 3.63) is 42.5 Å². The lowest BCUT2D eigenvalue weighted by Crippen LogP contribution is -2.22. The molecule has 2 aromatic rings. The Morgan fingerprint density at radius 2 is 2.41 bits per heavy atom. The summed E-state index contributed by atoms with van der Waals surface area (Å²) < 4.78 is 1.55. The van der Waals surface area contributed by atoms with Gasteiger partial charge in [0.25, 0.3) is 5.91 Å². The van der Waals surface area contributed by atoms with E-state index in [2.05, 4.69) is 15.4 Å². The van der Waals surface area contributed by atoms with E-state index in [0.717, 1.165) is 5.69 Å². The van der Waals surface area contributed by atoms with Crippen LogP contribution in [0, 0.1) is 11.3 Å². The summed E-state index contributed by atoms with van der Waals surface area (Å²) in [6, 6.07) is 5.45. The van der Waals surface area contributed by atoms with Crippen LogP contribution in [-0.2, 0) is 0 Å². The summed E-state index contributed by atoms with van der Waals surface area (Å²) in [7, 11) is 0. The van der Waals surface area contributed by atoms with Gasteiger partial charge in [0.05, 0.1) is 29.7 Å². The number of amides is 1. The fourth-order valence-corrected chi connectivity index (χ4v) is 1.29. The van der Waals surface area contributed by atoms with Crippen molar-refractivity contribution in [1.82, 2.24) is 20.1 Å². The number of carbonyl (C=O) groups excluding carboxylic acids is 1. The third-order valence-electron chi connectivity index (χ3n) is 2.08. The Kier molecular flexibility index (Phi) is 3.12. The van der Waals surface area contributed by atoms with Crippen molar-refractivity contribution < 1.29 is 4.79 Å². The smallest absolute Gasteiger partial charge is 0.255 e. The normalized spacial score (nSPS) is 9.59. The van der Waals surface area contributed by atoms with Crippen molar-refractivity contribution in [3.63, 3.8) is 0 Å². The van der Waals surface area contributed by atoms with Crippen LogP contribution in [0.5, 0.6) is 0 Å². The molecule has 1 N–H and O–H groups in total. The minimum Gasteiger partial charge on any atom is -0.339 e. The van der Waals surface area contributed by atoms with Crippen LogP contribution in [-0.4, -0.2) is 27.2 Å². The average molecular weight is 227 g/mol. The minimum atomic E-state index is -0.318. The standard InChI is InChI=1S/C11H9N5O/c12-3-5-14-11(17)9-6-15-16(8-9)10-2-1-4-13-7-10/h1-2,4,6-8H,5H2,(H,14,17). The highest BCUT2D eigenvalue weighted by atomic mass is 16.1. The molecule has 6 heteroatoms. The molecule has 2 rings (SSSR count). The third kappa shape index (κ3) is 2.46. The lowest BCUT2D eigenvalue weighted by atomic mass is 10.3. The van der Waals surface area contributed by atoms with Gasteiger partial charge in [-0.15, -0.1) is 0 Å². The highest BCUT2D eigenvalue weighted by Crippen LogP contribution is 2.05. The Bertz CT molecular complexity index is 555. The largest absolute Gasteiger partial charge is 0.339 e. The van der Waals surface area contributed by atoms with Gasteiger partial charge in [0.1, 0.15) is 6.54 Å². The monoisotopic (exact) mass is 227 g/mol. The number of nitrogens with one attached hydrogen (secondary N) is 1. The van der Waals surface area contributed by atoms with Gasteiger partial charge in [-0.3, -0.25) is 9.78 Å². The Morgan fingerprint density at radius 3 is 3.12 bits per heavy atom. The Balaban J connectivity index is 2.17. The molecule has 0 aliphatic rings. The number of nitrogens with zero attached hydrogens (tertiary/aromatic N) is 4. The Hall–Kier alpha value is -2.68. The van der Waals surface area contributed by atoms with Crippen molar-refractivity contribution in [2.24, 2.45) is 0 Å². The molecule has 0 spiro atoms. The van der Waals surface area contributed by atoms with Gasteiger partial charge >= 0.3 is 0 Å². The molecule has 0 bridgehead atoms. The number of rotatable bonds is 3. The second-order valence-electron chi connectivity index (χ2n) is 3.23. The molecule has 0 atom stereocenters. The van der Waals surface area contributed by atoms with Crippen LogP contribution in [0.1, 0.15) is 10.4 Å². The summed E-state index contributed by atoms with van der Waals surface area (Å²) >= 11 is 0. The van der Waals surface area contributed by atoms with Gasteiger partial charge in [-0.05, 0) is 12.1 Å². The fraction of sp³-hybridized carbons (Fsp3) is 0.0909. The molecule has 6 nitrogen and oxygen atoms in total. The first-order valence-electron chi connectivity index (χ1n) is 4.91. The van der Waals surface area contributed by atoms with E-state index in [1.165, 1.54) is 6.20 Å². The van der Waals surface area contributed by atoms with Crippen LogP contribution in [0.4, 0.5) is 0 Å². The number of nitriles is 1. The van der Waals surface area contributed by atoms with E-state index in [0.29, 0.717) is 5.56 Å². The molecule has 0 aliphatic carbocycles. The number of pyridine rings is 1. The molecular weight excluding hydrogens is 218 g/mol. The zero-order valence-electron chi connectivity index (χ0n) is 8.87. The summed E-state index contributed by atoms with van der Waals surface area (Å²) in [5.74, 6) is -0.318.